The van der Waals surface area contributed by atoms with Crippen LogP contribution in [0.4, 0.5) is 11.4 Å². The number of rotatable bonds is 3. The van der Waals surface area contributed by atoms with Crippen molar-refractivity contribution in [3.05, 3.63) is 66.5 Å². The van der Waals surface area contributed by atoms with Gasteiger partial charge < -0.3 is 10.4 Å². The molecule has 0 bridgehead atoms. The third kappa shape index (κ3) is 4.20. The van der Waals surface area contributed by atoms with Crippen molar-refractivity contribution < 1.29 is 14.8 Å². The first-order valence-electron chi connectivity index (χ1n) is 7.78. The summed E-state index contributed by atoms with van der Waals surface area (Å²) in [6.45, 7) is 3.92. The van der Waals surface area contributed by atoms with E-state index in [0.717, 1.165) is 28.6 Å². The molecule has 0 unspecified atom stereocenters. The minimum Gasteiger partial charge on any atom is -0.502 e. The van der Waals surface area contributed by atoms with Gasteiger partial charge in [-0.05, 0) is 49.4 Å². The molecule has 27 heavy (non-hydrogen) atoms. The maximum Gasteiger partial charge on any atom is 0.312 e. The summed E-state index contributed by atoms with van der Waals surface area (Å²) in [6.07, 6.45) is 1.40. The number of carbonyl (C=O) groups is 1. The van der Waals surface area contributed by atoms with Crippen molar-refractivity contribution in [2.45, 2.75) is 13.8 Å². The molecule has 1 fully saturated rings. The number of nitro groups is 1. The van der Waals surface area contributed by atoms with Gasteiger partial charge in [-0.15, -0.1) is 0 Å². The van der Waals surface area contributed by atoms with Crippen molar-refractivity contribution >= 4 is 56.2 Å². The number of hydrogen-bond acceptors (Lipinski definition) is 6. The van der Waals surface area contributed by atoms with Gasteiger partial charge in [0.25, 0.3) is 5.91 Å². The van der Waals surface area contributed by atoms with Crippen molar-refractivity contribution in [1.29, 1.82) is 0 Å². The highest BCUT2D eigenvalue weighted by Crippen LogP contribution is 2.37. The van der Waals surface area contributed by atoms with Gasteiger partial charge >= 0.3 is 5.69 Å². The number of aryl methyl sites for hydroxylation is 2. The predicted octanol–water partition coefficient (Wildman–Crippen LogP) is 4.57. The Bertz CT molecular complexity index is 1030. The van der Waals surface area contributed by atoms with Gasteiger partial charge in [-0.2, -0.15) is 0 Å². The fourth-order valence-electron chi connectivity index (χ4n) is 2.52. The zero-order valence-corrected chi connectivity index (χ0v) is 16.7. The number of benzene rings is 2. The molecule has 1 heterocycles. The lowest BCUT2D eigenvalue weighted by Gasteiger charge is -2.03. The maximum absolute atomic E-state index is 12.2. The van der Waals surface area contributed by atoms with E-state index in [-0.39, 0.29) is 16.4 Å². The Morgan fingerprint density at radius 3 is 2.70 bits per heavy atom. The molecule has 0 radical (unpaired) electrons. The van der Waals surface area contributed by atoms with E-state index in [1.807, 2.05) is 32.0 Å². The van der Waals surface area contributed by atoms with E-state index in [1.165, 1.54) is 18.2 Å². The van der Waals surface area contributed by atoms with Crippen LogP contribution >= 0.6 is 27.7 Å². The molecule has 0 atom stereocenters. The fourth-order valence-corrected chi connectivity index (χ4v) is 3.81. The number of phenolic OH excluding ortho intramolecular Hbond substituents is 1. The molecule has 1 amide bonds. The first-order valence-corrected chi connectivity index (χ1v) is 9.39. The Kier molecular flexibility index (Phi) is 5.33. The van der Waals surface area contributed by atoms with Crippen molar-refractivity contribution in [3.63, 3.8) is 0 Å². The lowest BCUT2D eigenvalue weighted by molar-refractivity contribution is -0.385. The smallest absolute Gasteiger partial charge is 0.312 e. The summed E-state index contributed by atoms with van der Waals surface area (Å²) >= 11 is 4.28. The Hall–Kier alpha value is -2.65. The molecule has 0 saturated carbocycles. The molecule has 2 aromatic rings. The second-order valence-electron chi connectivity index (χ2n) is 5.89. The molecule has 7 nitrogen and oxygen atoms in total. The fraction of sp³-hybridized carbons (Fsp3) is 0.111. The van der Waals surface area contributed by atoms with Crippen molar-refractivity contribution in [2.75, 3.05) is 0 Å². The topological polar surface area (TPSA) is 105 Å². The first-order chi connectivity index (χ1) is 12.7. The number of amides is 1. The minimum atomic E-state index is -0.684. The van der Waals surface area contributed by atoms with Crippen LogP contribution in [-0.4, -0.2) is 21.1 Å². The molecule has 138 valence electrons. The van der Waals surface area contributed by atoms with Crippen molar-refractivity contribution in [1.82, 2.24) is 5.32 Å². The molecular formula is C18H14BrN3O4S. The van der Waals surface area contributed by atoms with E-state index in [4.69, 9.17) is 0 Å². The second kappa shape index (κ2) is 7.53. The van der Waals surface area contributed by atoms with Crippen LogP contribution in [0.5, 0.6) is 5.75 Å². The summed E-state index contributed by atoms with van der Waals surface area (Å²) in [4.78, 5) is 27.3. The average Bonchev–Trinajstić information content (AvgIpc) is 2.92. The molecule has 1 aliphatic heterocycles. The van der Waals surface area contributed by atoms with Gasteiger partial charge in [-0.1, -0.05) is 33.6 Å². The van der Waals surface area contributed by atoms with Crippen molar-refractivity contribution in [2.24, 2.45) is 4.99 Å². The molecule has 0 aliphatic carbocycles. The SMILES string of the molecule is Cc1ccc(N=C2NC(=O)/C(=C/c3cc(Br)cc([N+](=O)[O-])c3O)S2)c(C)c1. The van der Waals surface area contributed by atoms with Crippen LogP contribution in [0.2, 0.25) is 0 Å². The van der Waals surface area contributed by atoms with E-state index in [1.54, 1.807) is 0 Å². The predicted molar refractivity (Wildman–Crippen MR) is 109 cm³/mol. The quantitative estimate of drug-likeness (QED) is 0.407. The molecule has 1 saturated heterocycles. The maximum atomic E-state index is 12.2. The number of amidine groups is 1. The summed E-state index contributed by atoms with van der Waals surface area (Å²) in [7, 11) is 0. The van der Waals surface area contributed by atoms with Gasteiger partial charge in [0, 0.05) is 16.1 Å². The number of aliphatic imine (C=N–C) groups is 1. The first kappa shape index (κ1) is 19.1. The molecule has 9 heteroatoms. The van der Waals surface area contributed by atoms with Crippen LogP contribution in [0.3, 0.4) is 0 Å². The summed E-state index contributed by atoms with van der Waals surface area (Å²) < 4.78 is 0.423. The number of thioether (sulfide) groups is 1. The molecule has 2 aromatic carbocycles. The number of aromatic hydroxyl groups is 1. The number of nitro benzene ring substituents is 1. The van der Waals surface area contributed by atoms with E-state index >= 15 is 0 Å². The molecule has 1 aliphatic rings. The van der Waals surface area contributed by atoms with E-state index in [9.17, 15) is 20.0 Å². The standard InChI is InChI=1S/C18H14BrN3O4S/c1-9-3-4-13(10(2)5-9)20-18-21-17(24)15(27-18)7-11-6-12(19)8-14(16(11)23)22(25)26/h3-8,23H,1-2H3,(H,20,21,24)/b15-7-. The van der Waals surface area contributed by atoms with Crippen LogP contribution in [0.1, 0.15) is 16.7 Å². The summed E-state index contributed by atoms with van der Waals surface area (Å²) in [5.74, 6) is -0.880. The van der Waals surface area contributed by atoms with Crippen LogP contribution in [-0.2, 0) is 4.79 Å². The Balaban J connectivity index is 1.94. The third-order valence-corrected chi connectivity index (χ3v) is 5.16. The minimum absolute atomic E-state index is 0.168. The molecule has 0 aromatic heterocycles. The number of halogens is 1. The highest BCUT2D eigenvalue weighted by atomic mass is 79.9. The highest BCUT2D eigenvalue weighted by Gasteiger charge is 2.26. The van der Waals surface area contributed by atoms with Crippen LogP contribution in [0.25, 0.3) is 6.08 Å². The molecule has 2 N–H and O–H groups in total. The van der Waals surface area contributed by atoms with E-state index < -0.39 is 16.4 Å². The number of nitrogens with zero attached hydrogens (tertiary/aromatic N) is 2. The lowest BCUT2D eigenvalue weighted by Crippen LogP contribution is -2.19. The largest absolute Gasteiger partial charge is 0.502 e. The van der Waals surface area contributed by atoms with Crippen LogP contribution in [0.15, 0.2) is 44.7 Å². The van der Waals surface area contributed by atoms with E-state index in [2.05, 4.69) is 26.2 Å². The van der Waals surface area contributed by atoms with Gasteiger partial charge in [0.15, 0.2) is 5.17 Å². The van der Waals surface area contributed by atoms with Gasteiger partial charge in [-0.25, -0.2) is 4.99 Å². The molecule has 0 spiro atoms. The van der Waals surface area contributed by atoms with Gasteiger partial charge in [0.1, 0.15) is 0 Å². The van der Waals surface area contributed by atoms with Crippen LogP contribution in [0, 0.1) is 24.0 Å². The van der Waals surface area contributed by atoms with Gasteiger partial charge in [0.2, 0.25) is 5.75 Å². The van der Waals surface area contributed by atoms with Crippen LogP contribution < -0.4 is 5.32 Å². The monoisotopic (exact) mass is 447 g/mol. The number of phenols is 1. The molecule has 3 rings (SSSR count). The normalized spacial score (nSPS) is 16.8. The summed E-state index contributed by atoms with van der Waals surface area (Å²) in [5, 5.41) is 24.2. The van der Waals surface area contributed by atoms with E-state index in [0.29, 0.717) is 9.64 Å². The average molecular weight is 448 g/mol. The Morgan fingerprint density at radius 2 is 2.04 bits per heavy atom. The second-order valence-corrected chi connectivity index (χ2v) is 7.84. The summed E-state index contributed by atoms with van der Waals surface area (Å²) in [6, 6.07) is 8.50. The Labute approximate surface area is 167 Å². The highest BCUT2D eigenvalue weighted by molar-refractivity contribution is 9.10. The molecular weight excluding hydrogens is 434 g/mol. The van der Waals surface area contributed by atoms with Gasteiger partial charge in [0.05, 0.1) is 15.5 Å². The number of carbonyl (C=O) groups excluding carboxylic acids is 1. The zero-order valence-electron chi connectivity index (χ0n) is 14.3. The number of nitrogens with one attached hydrogen (secondary N) is 1. The lowest BCUT2D eigenvalue weighted by atomic mass is 10.1. The Morgan fingerprint density at radius 1 is 1.30 bits per heavy atom. The number of hydrogen-bond donors (Lipinski definition) is 2. The summed E-state index contributed by atoms with van der Waals surface area (Å²) in [5.41, 5.74) is 2.57. The third-order valence-electron chi connectivity index (χ3n) is 3.79. The zero-order chi connectivity index (χ0) is 19.7. The van der Waals surface area contributed by atoms with Gasteiger partial charge in [-0.3, -0.25) is 14.9 Å². The van der Waals surface area contributed by atoms with Crippen molar-refractivity contribution in [3.8, 4) is 5.75 Å².